The van der Waals surface area contributed by atoms with E-state index in [2.05, 4.69) is 26.0 Å². The molecule has 28 heavy (non-hydrogen) atoms. The van der Waals surface area contributed by atoms with Gasteiger partial charge in [-0.2, -0.15) is 13.2 Å². The van der Waals surface area contributed by atoms with Crippen LogP contribution in [0.1, 0.15) is 45.7 Å². The number of halogens is 4. The zero-order chi connectivity index (χ0) is 20.1. The van der Waals surface area contributed by atoms with Crippen molar-refractivity contribution in [2.75, 3.05) is 0 Å². The molecule has 0 amide bonds. The van der Waals surface area contributed by atoms with Crippen molar-refractivity contribution in [3.8, 4) is 10.4 Å². The normalized spacial score (nSPS) is 14.9. The van der Waals surface area contributed by atoms with Crippen LogP contribution >= 0.6 is 34.3 Å². The molecule has 0 nitrogen and oxygen atoms in total. The molecule has 1 aliphatic carbocycles. The fourth-order valence-corrected chi connectivity index (χ4v) is 6.10. The monoisotopic (exact) mass is 438 g/mol. The Bertz CT molecular complexity index is 1050. The third-order valence-electron chi connectivity index (χ3n) is 5.17. The SMILES string of the molecule is Cc1sc(Cl)cc1C1=C(c2cc(-c3ccc(C(F)(F)F)cc3)sc2C)CCC1. The van der Waals surface area contributed by atoms with Crippen molar-refractivity contribution >= 4 is 45.4 Å². The Hall–Kier alpha value is -1.56. The first-order valence-electron chi connectivity index (χ1n) is 9.01. The zero-order valence-corrected chi connectivity index (χ0v) is 17.8. The van der Waals surface area contributed by atoms with Crippen LogP contribution in [0.15, 0.2) is 36.4 Å². The van der Waals surface area contributed by atoms with Crippen LogP contribution in [0.4, 0.5) is 13.2 Å². The van der Waals surface area contributed by atoms with E-state index in [1.54, 1.807) is 34.8 Å². The summed E-state index contributed by atoms with van der Waals surface area (Å²) < 4.78 is 39.3. The summed E-state index contributed by atoms with van der Waals surface area (Å²) in [5.74, 6) is 0. The second kappa shape index (κ2) is 7.36. The van der Waals surface area contributed by atoms with Crippen molar-refractivity contribution in [3.63, 3.8) is 0 Å². The highest BCUT2D eigenvalue weighted by atomic mass is 35.5. The number of allylic oxidation sites excluding steroid dienone is 2. The number of aryl methyl sites for hydroxylation is 2. The molecule has 2 heterocycles. The van der Waals surface area contributed by atoms with E-state index < -0.39 is 11.7 Å². The number of hydrogen-bond acceptors (Lipinski definition) is 2. The highest BCUT2D eigenvalue weighted by Crippen LogP contribution is 2.46. The Morgan fingerprint density at radius 2 is 1.43 bits per heavy atom. The molecule has 0 N–H and O–H groups in total. The maximum atomic E-state index is 12.8. The molecule has 0 bridgehead atoms. The van der Waals surface area contributed by atoms with Gasteiger partial charge in [0.2, 0.25) is 0 Å². The maximum absolute atomic E-state index is 12.8. The van der Waals surface area contributed by atoms with Gasteiger partial charge in [0.05, 0.1) is 9.90 Å². The van der Waals surface area contributed by atoms with Crippen molar-refractivity contribution in [1.82, 2.24) is 0 Å². The van der Waals surface area contributed by atoms with Crippen LogP contribution < -0.4 is 0 Å². The predicted octanol–water partition coefficient (Wildman–Crippen LogP) is 8.86. The van der Waals surface area contributed by atoms with Gasteiger partial charge in [-0.3, -0.25) is 0 Å². The highest BCUT2D eigenvalue weighted by molar-refractivity contribution is 7.16. The molecule has 0 saturated carbocycles. The smallest absolute Gasteiger partial charge is 0.166 e. The molecule has 2 aromatic heterocycles. The quantitative estimate of drug-likeness (QED) is 0.383. The minimum absolute atomic E-state index is 0.615. The topological polar surface area (TPSA) is 0 Å². The summed E-state index contributed by atoms with van der Waals surface area (Å²) in [7, 11) is 0. The second-order valence-corrected chi connectivity index (χ2v) is 10.1. The molecule has 146 valence electrons. The number of thiophene rings is 2. The van der Waals surface area contributed by atoms with Gasteiger partial charge in [-0.25, -0.2) is 0 Å². The molecule has 0 radical (unpaired) electrons. The van der Waals surface area contributed by atoms with Gasteiger partial charge in [-0.15, -0.1) is 22.7 Å². The minimum Gasteiger partial charge on any atom is -0.166 e. The third-order valence-corrected chi connectivity index (χ3v) is 7.45. The highest BCUT2D eigenvalue weighted by Gasteiger charge is 2.30. The molecule has 6 heteroatoms. The van der Waals surface area contributed by atoms with Gasteiger partial charge in [-0.1, -0.05) is 23.7 Å². The lowest BCUT2D eigenvalue weighted by molar-refractivity contribution is -0.137. The van der Waals surface area contributed by atoms with Crippen molar-refractivity contribution < 1.29 is 13.2 Å². The summed E-state index contributed by atoms with van der Waals surface area (Å²) in [5.41, 5.74) is 5.38. The van der Waals surface area contributed by atoms with Crippen LogP contribution in [0.3, 0.4) is 0 Å². The minimum atomic E-state index is -4.31. The second-order valence-electron chi connectivity index (χ2n) is 6.99. The summed E-state index contributed by atoms with van der Waals surface area (Å²) in [6, 6.07) is 9.62. The number of hydrogen-bond donors (Lipinski definition) is 0. The first kappa shape index (κ1) is 19.7. The van der Waals surface area contributed by atoms with E-state index in [1.807, 2.05) is 0 Å². The van der Waals surface area contributed by atoms with Crippen LogP contribution in [0.2, 0.25) is 4.34 Å². The fraction of sp³-hybridized carbons (Fsp3) is 0.273. The molecular formula is C22H18ClF3S2. The average molecular weight is 439 g/mol. The predicted molar refractivity (Wildman–Crippen MR) is 114 cm³/mol. The van der Waals surface area contributed by atoms with Crippen LogP contribution in [0, 0.1) is 13.8 Å². The van der Waals surface area contributed by atoms with Crippen LogP contribution in [-0.4, -0.2) is 0 Å². The van der Waals surface area contributed by atoms with Gasteiger partial charge < -0.3 is 0 Å². The van der Waals surface area contributed by atoms with Crippen molar-refractivity contribution in [2.24, 2.45) is 0 Å². The van der Waals surface area contributed by atoms with Gasteiger partial charge in [0, 0.05) is 14.6 Å². The molecule has 4 rings (SSSR count). The molecule has 1 aromatic carbocycles. The summed E-state index contributed by atoms with van der Waals surface area (Å²) in [6.45, 7) is 4.19. The summed E-state index contributed by atoms with van der Waals surface area (Å²) in [5, 5.41) is 0. The fourth-order valence-electron chi connectivity index (χ4n) is 3.83. The van der Waals surface area contributed by atoms with Gasteiger partial charge in [0.25, 0.3) is 0 Å². The molecule has 0 unspecified atom stereocenters. The Kier molecular flexibility index (Phi) is 5.19. The van der Waals surface area contributed by atoms with E-state index >= 15 is 0 Å². The van der Waals surface area contributed by atoms with Crippen molar-refractivity contribution in [3.05, 3.63) is 67.2 Å². The van der Waals surface area contributed by atoms with E-state index in [4.69, 9.17) is 11.6 Å². The van der Waals surface area contributed by atoms with Crippen molar-refractivity contribution in [2.45, 2.75) is 39.3 Å². The average Bonchev–Trinajstić information content (AvgIpc) is 3.32. The van der Waals surface area contributed by atoms with Gasteiger partial charge in [-0.05, 0) is 85.2 Å². The Labute approximate surface area is 175 Å². The van der Waals surface area contributed by atoms with Gasteiger partial charge >= 0.3 is 6.18 Å². The Morgan fingerprint density at radius 1 is 0.857 bits per heavy atom. The molecule has 1 aliphatic rings. The molecule has 0 atom stereocenters. The maximum Gasteiger partial charge on any atom is 0.416 e. The van der Waals surface area contributed by atoms with E-state index in [0.717, 1.165) is 46.2 Å². The molecule has 0 aliphatic heterocycles. The summed E-state index contributed by atoms with van der Waals surface area (Å²) in [6.07, 6.45) is -1.14. The number of alkyl halides is 3. The lowest BCUT2D eigenvalue weighted by atomic mass is 9.97. The first-order chi connectivity index (χ1) is 13.2. The third kappa shape index (κ3) is 3.68. The Balaban J connectivity index is 1.73. The van der Waals surface area contributed by atoms with E-state index in [9.17, 15) is 13.2 Å². The largest absolute Gasteiger partial charge is 0.416 e. The van der Waals surface area contributed by atoms with Crippen LogP contribution in [0.25, 0.3) is 21.6 Å². The zero-order valence-electron chi connectivity index (χ0n) is 15.4. The van der Waals surface area contributed by atoms with Gasteiger partial charge in [0.15, 0.2) is 0 Å². The summed E-state index contributed by atoms with van der Waals surface area (Å²) >= 11 is 9.46. The van der Waals surface area contributed by atoms with E-state index in [-0.39, 0.29) is 0 Å². The molecule has 0 fully saturated rings. The number of rotatable bonds is 3. The standard InChI is InChI=1S/C22H18ClF3S2/c1-12-18(16-4-3-5-17(16)19-11-21(23)28-13(19)2)10-20(27-12)14-6-8-15(9-7-14)22(24,25)26/h6-11H,3-5H2,1-2H3. The molecular weight excluding hydrogens is 421 g/mol. The van der Waals surface area contributed by atoms with Crippen LogP contribution in [-0.2, 0) is 6.18 Å². The number of benzene rings is 1. The lowest BCUT2D eigenvalue weighted by Crippen LogP contribution is -2.03. The first-order valence-corrected chi connectivity index (χ1v) is 11.0. The molecule has 0 spiro atoms. The molecule has 0 saturated heterocycles. The lowest BCUT2D eigenvalue weighted by Gasteiger charge is -2.07. The van der Waals surface area contributed by atoms with Gasteiger partial charge in [0.1, 0.15) is 0 Å². The molecule has 3 aromatic rings. The Morgan fingerprint density at radius 3 is 1.96 bits per heavy atom. The van der Waals surface area contributed by atoms with E-state index in [1.165, 1.54) is 32.0 Å². The van der Waals surface area contributed by atoms with E-state index in [0.29, 0.717) is 0 Å². The summed E-state index contributed by atoms with van der Waals surface area (Å²) in [4.78, 5) is 3.43. The van der Waals surface area contributed by atoms with Crippen LogP contribution in [0.5, 0.6) is 0 Å². The van der Waals surface area contributed by atoms with Crippen molar-refractivity contribution in [1.29, 1.82) is 0 Å².